The number of nitrogens with zero attached hydrogens (tertiary/aromatic N) is 1. The van der Waals surface area contributed by atoms with E-state index in [-0.39, 0.29) is 0 Å². The maximum absolute atomic E-state index is 3.87. The van der Waals surface area contributed by atoms with Gasteiger partial charge in [-0.05, 0) is 61.4 Å². The van der Waals surface area contributed by atoms with Gasteiger partial charge in [0, 0.05) is 30.7 Å². The summed E-state index contributed by atoms with van der Waals surface area (Å²) < 4.78 is 0. The fourth-order valence-corrected chi connectivity index (χ4v) is 4.00. The lowest BCUT2D eigenvalue weighted by atomic mass is 9.84. The minimum Gasteiger partial charge on any atom is -0.308 e. The largest absolute Gasteiger partial charge is 0.308 e. The average Bonchev–Trinajstić information content (AvgIpc) is 3.15. The molecule has 2 atom stereocenters. The molecule has 1 N–H and O–H groups in total. The first kappa shape index (κ1) is 13.6. The van der Waals surface area contributed by atoms with E-state index in [1.807, 2.05) is 11.3 Å². The Labute approximate surface area is 121 Å². The topological polar surface area (TPSA) is 15.3 Å². The summed E-state index contributed by atoms with van der Waals surface area (Å²) in [7, 11) is 0. The lowest BCUT2D eigenvalue weighted by Crippen LogP contribution is -2.68. The van der Waals surface area contributed by atoms with Gasteiger partial charge in [0.15, 0.2) is 0 Å². The fraction of sp³-hybridized carbons (Fsp3) is 0.750. The van der Waals surface area contributed by atoms with Gasteiger partial charge in [0.05, 0.1) is 0 Å². The van der Waals surface area contributed by atoms with E-state index < -0.39 is 0 Å². The molecule has 1 aromatic rings. The van der Waals surface area contributed by atoms with Crippen LogP contribution in [0.1, 0.15) is 45.6 Å². The number of hydrogen-bond acceptors (Lipinski definition) is 3. The number of nitrogens with one attached hydrogen (secondary N) is 1. The molecule has 1 aliphatic heterocycles. The Morgan fingerprint density at radius 3 is 2.79 bits per heavy atom. The second-order valence-corrected chi connectivity index (χ2v) is 7.66. The monoisotopic (exact) mass is 278 g/mol. The lowest BCUT2D eigenvalue weighted by molar-refractivity contribution is 0.00433. The summed E-state index contributed by atoms with van der Waals surface area (Å²) in [5.74, 6) is 0.902. The van der Waals surface area contributed by atoms with Gasteiger partial charge >= 0.3 is 0 Å². The van der Waals surface area contributed by atoms with Gasteiger partial charge in [0.2, 0.25) is 0 Å². The Morgan fingerprint density at radius 1 is 1.42 bits per heavy atom. The summed E-state index contributed by atoms with van der Waals surface area (Å²) in [6.07, 6.45) is 4.04. The van der Waals surface area contributed by atoms with Gasteiger partial charge in [0.1, 0.15) is 0 Å². The van der Waals surface area contributed by atoms with Crippen LogP contribution in [-0.4, -0.2) is 29.1 Å². The third-order valence-corrected chi connectivity index (χ3v) is 6.08. The van der Waals surface area contributed by atoms with Crippen molar-refractivity contribution in [2.24, 2.45) is 5.92 Å². The zero-order chi connectivity index (χ0) is 13.5. The van der Waals surface area contributed by atoms with Crippen molar-refractivity contribution in [3.8, 4) is 0 Å². The first-order chi connectivity index (χ1) is 9.06. The highest BCUT2D eigenvalue weighted by Gasteiger charge is 2.48. The van der Waals surface area contributed by atoms with Crippen molar-refractivity contribution in [3.05, 3.63) is 22.4 Å². The molecule has 19 heavy (non-hydrogen) atoms. The second-order valence-electron chi connectivity index (χ2n) is 6.88. The minimum atomic E-state index is 0.302. The van der Waals surface area contributed by atoms with Crippen LogP contribution < -0.4 is 5.32 Å². The maximum Gasteiger partial charge on any atom is 0.0309 e. The molecule has 1 aromatic heterocycles. The molecular weight excluding hydrogens is 252 g/mol. The van der Waals surface area contributed by atoms with Crippen molar-refractivity contribution < 1.29 is 0 Å². The number of rotatable bonds is 4. The molecule has 2 fully saturated rings. The molecule has 3 heteroatoms. The average molecular weight is 278 g/mol. The van der Waals surface area contributed by atoms with E-state index >= 15 is 0 Å². The normalized spacial score (nSPS) is 36.6. The van der Waals surface area contributed by atoms with Crippen molar-refractivity contribution in [2.75, 3.05) is 13.1 Å². The van der Waals surface area contributed by atoms with E-state index in [4.69, 9.17) is 0 Å². The van der Waals surface area contributed by atoms with Gasteiger partial charge in [-0.2, -0.15) is 11.3 Å². The van der Waals surface area contributed by atoms with E-state index in [2.05, 4.69) is 47.8 Å². The first-order valence-electron chi connectivity index (χ1n) is 7.57. The third-order valence-electron chi connectivity index (χ3n) is 5.35. The van der Waals surface area contributed by atoms with E-state index in [1.165, 1.54) is 31.4 Å². The molecule has 1 aliphatic carbocycles. The van der Waals surface area contributed by atoms with Crippen LogP contribution in [0.4, 0.5) is 0 Å². The van der Waals surface area contributed by atoms with E-state index in [0.717, 1.165) is 19.0 Å². The van der Waals surface area contributed by atoms with Crippen molar-refractivity contribution in [2.45, 2.75) is 57.7 Å². The van der Waals surface area contributed by atoms with Gasteiger partial charge in [-0.1, -0.05) is 6.92 Å². The summed E-state index contributed by atoms with van der Waals surface area (Å²) in [5, 5.41) is 8.36. The molecule has 3 rings (SSSR count). The Bertz CT molecular complexity index is 426. The molecular formula is C16H26N2S. The summed E-state index contributed by atoms with van der Waals surface area (Å²) in [4.78, 5) is 2.73. The molecule has 2 nitrogen and oxygen atoms in total. The molecule has 0 aromatic carbocycles. The number of thiophene rings is 1. The van der Waals surface area contributed by atoms with Crippen molar-refractivity contribution in [1.82, 2.24) is 10.2 Å². The second kappa shape index (κ2) is 4.87. The standard InChI is InChI=1S/C16H26N2S/c1-4-15(2)11-17-16(3,14-5-6-14)12-18(15)9-13-7-8-19-10-13/h7-8,10,14,17H,4-6,9,11-12H2,1-3H3. The highest BCUT2D eigenvalue weighted by atomic mass is 32.1. The van der Waals surface area contributed by atoms with Crippen LogP contribution >= 0.6 is 11.3 Å². The SMILES string of the molecule is CCC1(C)CNC(C)(C2CC2)CN1Cc1ccsc1. The van der Waals surface area contributed by atoms with Gasteiger partial charge < -0.3 is 5.32 Å². The predicted octanol–water partition coefficient (Wildman–Crippen LogP) is 3.49. The lowest BCUT2D eigenvalue weighted by Gasteiger charge is -2.52. The molecule has 2 unspecified atom stereocenters. The van der Waals surface area contributed by atoms with Crippen LogP contribution in [0, 0.1) is 5.92 Å². The molecule has 1 saturated carbocycles. The molecule has 0 spiro atoms. The molecule has 2 aliphatic rings. The Morgan fingerprint density at radius 2 is 2.21 bits per heavy atom. The fourth-order valence-electron chi connectivity index (χ4n) is 3.34. The molecule has 2 heterocycles. The first-order valence-corrected chi connectivity index (χ1v) is 8.51. The molecule has 1 saturated heterocycles. The van der Waals surface area contributed by atoms with Crippen LogP contribution in [0.15, 0.2) is 16.8 Å². The van der Waals surface area contributed by atoms with Gasteiger partial charge in [0.25, 0.3) is 0 Å². The number of piperazine rings is 1. The highest BCUT2D eigenvalue weighted by molar-refractivity contribution is 7.07. The van der Waals surface area contributed by atoms with Crippen molar-refractivity contribution in [1.29, 1.82) is 0 Å². The van der Waals surface area contributed by atoms with E-state index in [1.54, 1.807) is 0 Å². The summed E-state index contributed by atoms with van der Waals surface area (Å²) in [5.41, 5.74) is 2.12. The predicted molar refractivity (Wildman–Crippen MR) is 82.6 cm³/mol. The zero-order valence-electron chi connectivity index (χ0n) is 12.4. The Kier molecular flexibility index (Phi) is 3.48. The summed E-state index contributed by atoms with van der Waals surface area (Å²) >= 11 is 1.81. The van der Waals surface area contributed by atoms with Crippen LogP contribution in [0.5, 0.6) is 0 Å². The van der Waals surface area contributed by atoms with Crippen LogP contribution in [0.2, 0.25) is 0 Å². The molecule has 0 amide bonds. The summed E-state index contributed by atoms with van der Waals surface area (Å²) in [6.45, 7) is 10.6. The van der Waals surface area contributed by atoms with E-state index in [0.29, 0.717) is 11.1 Å². The molecule has 0 radical (unpaired) electrons. The van der Waals surface area contributed by atoms with Crippen LogP contribution in [0.25, 0.3) is 0 Å². The Balaban J connectivity index is 1.78. The number of hydrogen-bond donors (Lipinski definition) is 1. The minimum absolute atomic E-state index is 0.302. The smallest absolute Gasteiger partial charge is 0.0309 e. The third kappa shape index (κ3) is 2.61. The van der Waals surface area contributed by atoms with Gasteiger partial charge in [-0.25, -0.2) is 0 Å². The van der Waals surface area contributed by atoms with Gasteiger partial charge in [-0.15, -0.1) is 0 Å². The molecule has 106 valence electrons. The van der Waals surface area contributed by atoms with Gasteiger partial charge in [-0.3, -0.25) is 4.90 Å². The zero-order valence-corrected chi connectivity index (χ0v) is 13.2. The van der Waals surface area contributed by atoms with Crippen molar-refractivity contribution in [3.63, 3.8) is 0 Å². The van der Waals surface area contributed by atoms with E-state index in [9.17, 15) is 0 Å². The van der Waals surface area contributed by atoms with Crippen LogP contribution in [-0.2, 0) is 6.54 Å². The summed E-state index contributed by atoms with van der Waals surface area (Å²) in [6, 6.07) is 2.28. The quantitative estimate of drug-likeness (QED) is 0.907. The van der Waals surface area contributed by atoms with Crippen LogP contribution in [0.3, 0.4) is 0 Å². The Hall–Kier alpha value is -0.380. The highest BCUT2D eigenvalue weighted by Crippen LogP contribution is 2.43. The maximum atomic E-state index is 3.87. The molecule has 0 bridgehead atoms. The van der Waals surface area contributed by atoms with Crippen molar-refractivity contribution >= 4 is 11.3 Å².